The van der Waals surface area contributed by atoms with E-state index in [-0.39, 0.29) is 5.91 Å². The maximum absolute atomic E-state index is 11.5. The van der Waals surface area contributed by atoms with Crippen LogP contribution in [0.25, 0.3) is 0 Å². The largest absolute Gasteiger partial charge is 0.356 e. The molecule has 0 aromatic heterocycles. The standard InChI is InChI=1S/C12H24N2O/c1-11(2)10-13-12(15)6-9-14-7-4-3-5-8-14/h11H,3-10H2,1-2H3,(H,13,15). The molecule has 15 heavy (non-hydrogen) atoms. The second-order valence-electron chi connectivity index (χ2n) is 4.85. The minimum absolute atomic E-state index is 0.203. The number of hydrogen-bond donors (Lipinski definition) is 1. The number of nitrogens with zero attached hydrogens (tertiary/aromatic N) is 1. The molecule has 0 aromatic carbocycles. The average Bonchev–Trinajstić information content (AvgIpc) is 2.25. The van der Waals surface area contributed by atoms with Crippen molar-refractivity contribution in [2.24, 2.45) is 5.92 Å². The first-order chi connectivity index (χ1) is 7.18. The van der Waals surface area contributed by atoms with E-state index >= 15 is 0 Å². The maximum Gasteiger partial charge on any atom is 0.221 e. The van der Waals surface area contributed by atoms with Crippen molar-refractivity contribution >= 4 is 5.91 Å². The predicted octanol–water partition coefficient (Wildman–Crippen LogP) is 1.63. The van der Waals surface area contributed by atoms with Gasteiger partial charge in [-0.05, 0) is 31.8 Å². The zero-order chi connectivity index (χ0) is 11.1. The highest BCUT2D eigenvalue weighted by Crippen LogP contribution is 2.08. The van der Waals surface area contributed by atoms with Crippen LogP contribution in [-0.2, 0) is 4.79 Å². The molecule has 0 radical (unpaired) electrons. The molecule has 0 saturated carbocycles. The minimum Gasteiger partial charge on any atom is -0.356 e. The molecule has 1 aliphatic rings. The van der Waals surface area contributed by atoms with E-state index in [1.165, 1.54) is 32.4 Å². The summed E-state index contributed by atoms with van der Waals surface area (Å²) in [6.45, 7) is 8.33. The van der Waals surface area contributed by atoms with Crippen molar-refractivity contribution in [2.75, 3.05) is 26.2 Å². The monoisotopic (exact) mass is 212 g/mol. The van der Waals surface area contributed by atoms with Crippen LogP contribution in [0.1, 0.15) is 39.5 Å². The molecule has 0 unspecified atom stereocenters. The third kappa shape index (κ3) is 5.78. The van der Waals surface area contributed by atoms with Crippen LogP contribution in [0.3, 0.4) is 0 Å². The van der Waals surface area contributed by atoms with Crippen molar-refractivity contribution in [2.45, 2.75) is 39.5 Å². The summed E-state index contributed by atoms with van der Waals surface area (Å²) in [6, 6.07) is 0. The number of nitrogens with one attached hydrogen (secondary N) is 1. The van der Waals surface area contributed by atoms with Gasteiger partial charge in [-0.25, -0.2) is 0 Å². The van der Waals surface area contributed by atoms with Crippen LogP contribution in [0.4, 0.5) is 0 Å². The van der Waals surface area contributed by atoms with E-state index in [9.17, 15) is 4.79 Å². The van der Waals surface area contributed by atoms with Crippen LogP contribution >= 0.6 is 0 Å². The first kappa shape index (κ1) is 12.5. The number of likely N-dealkylation sites (tertiary alicyclic amines) is 1. The van der Waals surface area contributed by atoms with Crippen LogP contribution in [-0.4, -0.2) is 37.0 Å². The van der Waals surface area contributed by atoms with Crippen molar-refractivity contribution in [1.29, 1.82) is 0 Å². The lowest BCUT2D eigenvalue weighted by atomic mass is 10.1. The molecular weight excluding hydrogens is 188 g/mol. The fourth-order valence-electron chi connectivity index (χ4n) is 1.85. The number of rotatable bonds is 5. The SMILES string of the molecule is CC(C)CNC(=O)CCN1CCCCC1. The summed E-state index contributed by atoms with van der Waals surface area (Å²) in [7, 11) is 0. The Morgan fingerprint density at radius 1 is 1.27 bits per heavy atom. The highest BCUT2D eigenvalue weighted by molar-refractivity contribution is 5.76. The molecule has 1 N–H and O–H groups in total. The van der Waals surface area contributed by atoms with Crippen molar-refractivity contribution in [1.82, 2.24) is 10.2 Å². The lowest BCUT2D eigenvalue weighted by Gasteiger charge is -2.26. The van der Waals surface area contributed by atoms with Crippen molar-refractivity contribution in [3.63, 3.8) is 0 Å². The zero-order valence-electron chi connectivity index (χ0n) is 10.1. The average molecular weight is 212 g/mol. The number of piperidine rings is 1. The summed E-state index contributed by atoms with van der Waals surface area (Å²) in [5.41, 5.74) is 0. The van der Waals surface area contributed by atoms with Crippen molar-refractivity contribution in [3.05, 3.63) is 0 Å². The van der Waals surface area contributed by atoms with Crippen LogP contribution in [0.15, 0.2) is 0 Å². The Hall–Kier alpha value is -0.570. The first-order valence-corrected chi connectivity index (χ1v) is 6.17. The summed E-state index contributed by atoms with van der Waals surface area (Å²) in [5, 5.41) is 2.96. The van der Waals surface area contributed by atoms with E-state index in [1.807, 2.05) is 0 Å². The number of carbonyl (C=O) groups excluding carboxylic acids is 1. The zero-order valence-corrected chi connectivity index (χ0v) is 10.1. The van der Waals surface area contributed by atoms with Gasteiger partial charge >= 0.3 is 0 Å². The third-order valence-corrected chi connectivity index (χ3v) is 2.81. The molecular formula is C12H24N2O. The van der Waals surface area contributed by atoms with Gasteiger partial charge in [0, 0.05) is 19.5 Å². The Labute approximate surface area is 93.2 Å². The predicted molar refractivity (Wildman–Crippen MR) is 62.8 cm³/mol. The molecule has 1 fully saturated rings. The summed E-state index contributed by atoms with van der Waals surface area (Å²) >= 11 is 0. The fraction of sp³-hybridized carbons (Fsp3) is 0.917. The van der Waals surface area contributed by atoms with Gasteiger partial charge in [-0.2, -0.15) is 0 Å². The van der Waals surface area contributed by atoms with E-state index in [2.05, 4.69) is 24.1 Å². The lowest BCUT2D eigenvalue weighted by molar-refractivity contribution is -0.121. The molecule has 3 nitrogen and oxygen atoms in total. The van der Waals surface area contributed by atoms with Crippen LogP contribution < -0.4 is 5.32 Å². The molecule has 3 heteroatoms. The summed E-state index contributed by atoms with van der Waals surface area (Å²) < 4.78 is 0. The minimum atomic E-state index is 0.203. The number of hydrogen-bond acceptors (Lipinski definition) is 2. The summed E-state index contributed by atoms with van der Waals surface area (Å²) in [4.78, 5) is 13.9. The Balaban J connectivity index is 2.05. The van der Waals surface area contributed by atoms with Gasteiger partial charge in [-0.1, -0.05) is 20.3 Å². The van der Waals surface area contributed by atoms with Gasteiger partial charge in [0.25, 0.3) is 0 Å². The van der Waals surface area contributed by atoms with Crippen LogP contribution in [0.5, 0.6) is 0 Å². The van der Waals surface area contributed by atoms with E-state index in [0.717, 1.165) is 13.1 Å². The molecule has 1 aliphatic heterocycles. The molecule has 1 heterocycles. The maximum atomic E-state index is 11.5. The Morgan fingerprint density at radius 3 is 2.53 bits per heavy atom. The summed E-state index contributed by atoms with van der Waals surface area (Å²) in [6.07, 6.45) is 4.62. The highest BCUT2D eigenvalue weighted by Gasteiger charge is 2.11. The quantitative estimate of drug-likeness (QED) is 0.751. The molecule has 1 saturated heterocycles. The van der Waals surface area contributed by atoms with Crippen molar-refractivity contribution in [3.8, 4) is 0 Å². The topological polar surface area (TPSA) is 32.3 Å². The molecule has 0 atom stereocenters. The van der Waals surface area contributed by atoms with Gasteiger partial charge in [0.2, 0.25) is 5.91 Å². The molecule has 1 rings (SSSR count). The van der Waals surface area contributed by atoms with Crippen LogP contribution in [0.2, 0.25) is 0 Å². The molecule has 0 aliphatic carbocycles. The Bertz CT molecular complexity index is 186. The van der Waals surface area contributed by atoms with E-state index < -0.39 is 0 Å². The molecule has 0 aromatic rings. The second-order valence-corrected chi connectivity index (χ2v) is 4.85. The lowest BCUT2D eigenvalue weighted by Crippen LogP contribution is -2.35. The van der Waals surface area contributed by atoms with Gasteiger partial charge < -0.3 is 10.2 Å². The normalized spacial score (nSPS) is 18.1. The van der Waals surface area contributed by atoms with Gasteiger partial charge in [0.05, 0.1) is 0 Å². The second kappa shape index (κ2) is 6.83. The smallest absolute Gasteiger partial charge is 0.221 e. The van der Waals surface area contributed by atoms with Gasteiger partial charge in [0.1, 0.15) is 0 Å². The highest BCUT2D eigenvalue weighted by atomic mass is 16.1. The van der Waals surface area contributed by atoms with Crippen molar-refractivity contribution < 1.29 is 4.79 Å². The Kier molecular flexibility index (Phi) is 5.69. The first-order valence-electron chi connectivity index (χ1n) is 6.17. The van der Waals surface area contributed by atoms with Crippen LogP contribution in [0, 0.1) is 5.92 Å². The van der Waals surface area contributed by atoms with E-state index in [4.69, 9.17) is 0 Å². The molecule has 0 bridgehead atoms. The molecule has 0 spiro atoms. The van der Waals surface area contributed by atoms with Gasteiger partial charge in [-0.3, -0.25) is 4.79 Å². The number of amides is 1. The van der Waals surface area contributed by atoms with E-state index in [1.54, 1.807) is 0 Å². The Morgan fingerprint density at radius 2 is 1.93 bits per heavy atom. The fourth-order valence-corrected chi connectivity index (χ4v) is 1.85. The summed E-state index contributed by atoms with van der Waals surface area (Å²) in [5.74, 6) is 0.748. The molecule has 88 valence electrons. The van der Waals surface area contributed by atoms with E-state index in [0.29, 0.717) is 12.3 Å². The third-order valence-electron chi connectivity index (χ3n) is 2.81. The molecule has 1 amide bonds. The van der Waals surface area contributed by atoms with Gasteiger partial charge in [0.15, 0.2) is 0 Å². The number of carbonyl (C=O) groups is 1. The van der Waals surface area contributed by atoms with Gasteiger partial charge in [-0.15, -0.1) is 0 Å².